The third kappa shape index (κ3) is 7.64. The van der Waals surface area contributed by atoms with E-state index >= 15 is 0 Å². The van der Waals surface area contributed by atoms with Gasteiger partial charge in [0.05, 0.1) is 0 Å². The van der Waals surface area contributed by atoms with Crippen LogP contribution in [0.3, 0.4) is 0 Å². The van der Waals surface area contributed by atoms with Crippen molar-refractivity contribution < 1.29 is 4.74 Å². The van der Waals surface area contributed by atoms with Crippen molar-refractivity contribution in [2.45, 2.75) is 44.8 Å². The number of ether oxygens (including phenoxy) is 1. The molecule has 0 spiro atoms. The van der Waals surface area contributed by atoms with Crippen LogP contribution in [-0.4, -0.2) is 49.8 Å². The number of nitrogens with one attached hydrogen (secondary N) is 2. The third-order valence-corrected chi connectivity index (χ3v) is 6.10. The summed E-state index contributed by atoms with van der Waals surface area (Å²) >= 11 is 2.05. The molecule has 0 aromatic heterocycles. The van der Waals surface area contributed by atoms with Gasteiger partial charge in [-0.15, -0.1) is 24.0 Å². The molecule has 1 aliphatic rings. The summed E-state index contributed by atoms with van der Waals surface area (Å²) in [5.74, 6) is 2.03. The Labute approximate surface area is 180 Å². The number of halogens is 1. The maximum absolute atomic E-state index is 5.55. The summed E-state index contributed by atoms with van der Waals surface area (Å²) in [6, 6.07) is 6.75. The summed E-state index contributed by atoms with van der Waals surface area (Å²) in [5, 5.41) is 6.99. The molecule has 0 radical (unpaired) electrons. The molecule has 0 atom stereocenters. The van der Waals surface area contributed by atoms with Gasteiger partial charge in [-0.05, 0) is 44.4 Å². The van der Waals surface area contributed by atoms with E-state index in [2.05, 4.69) is 66.4 Å². The smallest absolute Gasteiger partial charge is 0.191 e. The largest absolute Gasteiger partial charge is 0.381 e. The molecule has 6 heteroatoms. The molecule has 1 fully saturated rings. The highest BCUT2D eigenvalue weighted by Crippen LogP contribution is 2.34. The molecule has 26 heavy (non-hydrogen) atoms. The Morgan fingerprint density at radius 3 is 2.38 bits per heavy atom. The molecule has 0 saturated carbocycles. The minimum absolute atomic E-state index is 0. The molecule has 2 N–H and O–H groups in total. The summed E-state index contributed by atoms with van der Waals surface area (Å²) in [7, 11) is 1.84. The topological polar surface area (TPSA) is 45.7 Å². The minimum Gasteiger partial charge on any atom is -0.381 e. The summed E-state index contributed by atoms with van der Waals surface area (Å²) in [5.41, 5.74) is 4.04. The highest BCUT2D eigenvalue weighted by molar-refractivity contribution is 14.0. The van der Waals surface area contributed by atoms with Gasteiger partial charge in [-0.1, -0.05) is 36.2 Å². The van der Waals surface area contributed by atoms with E-state index in [1.165, 1.54) is 16.7 Å². The second-order valence-corrected chi connectivity index (χ2v) is 8.56. The highest BCUT2D eigenvalue weighted by atomic mass is 127. The van der Waals surface area contributed by atoms with Gasteiger partial charge in [-0.2, -0.15) is 11.8 Å². The number of benzene rings is 1. The van der Waals surface area contributed by atoms with E-state index in [0.717, 1.165) is 57.3 Å². The van der Waals surface area contributed by atoms with E-state index in [0.29, 0.717) is 0 Å². The number of hydrogen-bond donors (Lipinski definition) is 2. The number of aliphatic imine (C=N–C) groups is 1. The molecule has 1 aliphatic heterocycles. The number of aryl methyl sites for hydroxylation is 2. The van der Waals surface area contributed by atoms with Gasteiger partial charge in [0.25, 0.3) is 0 Å². The normalized spacial score (nSPS) is 16.7. The van der Waals surface area contributed by atoms with Crippen molar-refractivity contribution >= 4 is 41.7 Å². The lowest BCUT2D eigenvalue weighted by Gasteiger charge is -2.37. The molecule has 0 unspecified atom stereocenters. The van der Waals surface area contributed by atoms with E-state index in [1.807, 2.05) is 7.05 Å². The summed E-state index contributed by atoms with van der Waals surface area (Å²) in [6.07, 6.45) is 3.22. The van der Waals surface area contributed by atoms with E-state index in [1.54, 1.807) is 0 Å². The zero-order chi connectivity index (χ0) is 18.1. The maximum atomic E-state index is 5.55. The lowest BCUT2D eigenvalue weighted by Crippen LogP contribution is -2.48. The molecule has 2 rings (SSSR count). The van der Waals surface area contributed by atoms with E-state index < -0.39 is 0 Å². The Kier molecular flexibility index (Phi) is 11.0. The third-order valence-electron chi connectivity index (χ3n) is 4.64. The molecule has 1 saturated heterocycles. The highest BCUT2D eigenvalue weighted by Gasteiger charge is 2.32. The van der Waals surface area contributed by atoms with Gasteiger partial charge in [0.1, 0.15) is 0 Å². The Morgan fingerprint density at radius 2 is 1.81 bits per heavy atom. The Bertz CT molecular complexity index is 548. The van der Waals surface area contributed by atoms with Crippen LogP contribution in [0.4, 0.5) is 0 Å². The number of guanidine groups is 1. The Morgan fingerprint density at radius 1 is 1.15 bits per heavy atom. The fraction of sp³-hybridized carbons (Fsp3) is 0.650. The van der Waals surface area contributed by atoms with Crippen molar-refractivity contribution in [3.63, 3.8) is 0 Å². The van der Waals surface area contributed by atoms with Crippen molar-refractivity contribution in [3.8, 4) is 0 Å². The number of hydrogen-bond acceptors (Lipinski definition) is 3. The van der Waals surface area contributed by atoms with Gasteiger partial charge < -0.3 is 15.4 Å². The fourth-order valence-corrected chi connectivity index (χ4v) is 4.67. The van der Waals surface area contributed by atoms with Crippen LogP contribution in [0.5, 0.6) is 0 Å². The number of rotatable bonds is 7. The predicted molar refractivity (Wildman–Crippen MR) is 125 cm³/mol. The molecule has 1 heterocycles. The van der Waals surface area contributed by atoms with Gasteiger partial charge in [0.15, 0.2) is 5.96 Å². The van der Waals surface area contributed by atoms with Crippen molar-refractivity contribution in [2.75, 3.05) is 39.1 Å². The van der Waals surface area contributed by atoms with Crippen LogP contribution >= 0.6 is 35.7 Å². The zero-order valence-corrected chi connectivity index (χ0v) is 19.7. The summed E-state index contributed by atoms with van der Waals surface area (Å²) < 4.78 is 5.83. The van der Waals surface area contributed by atoms with Gasteiger partial charge in [-0.25, -0.2) is 0 Å². The van der Waals surface area contributed by atoms with Gasteiger partial charge in [0, 0.05) is 38.1 Å². The Balaban J connectivity index is 0.00000338. The quantitative estimate of drug-likeness (QED) is 0.345. The second-order valence-electron chi connectivity index (χ2n) is 6.83. The van der Waals surface area contributed by atoms with Crippen LogP contribution in [-0.2, 0) is 11.2 Å². The van der Waals surface area contributed by atoms with Gasteiger partial charge in [-0.3, -0.25) is 4.99 Å². The first-order valence-electron chi connectivity index (χ1n) is 9.30. The minimum atomic E-state index is 0. The molecular formula is C20H34IN3OS. The van der Waals surface area contributed by atoms with Crippen molar-refractivity contribution in [1.29, 1.82) is 0 Å². The standard InChI is InChI=1S/C20H33N3OS.HI/c1-5-25-20(7-10-24-11-8-20)15-23-19(21-4)22-9-6-18-13-16(2)12-17(3)14-18;/h12-14H,5-11,15H2,1-4H3,(H2,21,22,23);1H. The van der Waals surface area contributed by atoms with Crippen molar-refractivity contribution in [1.82, 2.24) is 10.6 Å². The van der Waals surface area contributed by atoms with E-state index in [4.69, 9.17) is 4.74 Å². The van der Waals surface area contributed by atoms with Crippen LogP contribution in [0.25, 0.3) is 0 Å². The lowest BCUT2D eigenvalue weighted by atomic mass is 9.99. The fourth-order valence-electron chi connectivity index (χ4n) is 3.43. The van der Waals surface area contributed by atoms with E-state index in [9.17, 15) is 0 Å². The molecule has 0 amide bonds. The van der Waals surface area contributed by atoms with Crippen LogP contribution < -0.4 is 10.6 Å². The maximum Gasteiger partial charge on any atom is 0.191 e. The molecule has 148 valence electrons. The van der Waals surface area contributed by atoms with Crippen molar-refractivity contribution in [3.05, 3.63) is 34.9 Å². The van der Waals surface area contributed by atoms with Gasteiger partial charge in [0.2, 0.25) is 0 Å². The SMILES string of the molecule is CCSC1(CNC(=NC)NCCc2cc(C)cc(C)c2)CCOCC1.I. The van der Waals surface area contributed by atoms with Crippen LogP contribution in [0.1, 0.15) is 36.5 Å². The molecule has 1 aromatic carbocycles. The zero-order valence-electron chi connectivity index (χ0n) is 16.6. The summed E-state index contributed by atoms with van der Waals surface area (Å²) in [6.45, 7) is 10.1. The number of nitrogens with zero attached hydrogens (tertiary/aromatic N) is 1. The molecule has 1 aromatic rings. The Hall–Kier alpha value is -0.470. The van der Waals surface area contributed by atoms with Crippen LogP contribution in [0.15, 0.2) is 23.2 Å². The lowest BCUT2D eigenvalue weighted by molar-refractivity contribution is 0.0782. The first-order valence-corrected chi connectivity index (χ1v) is 10.3. The van der Waals surface area contributed by atoms with E-state index in [-0.39, 0.29) is 28.7 Å². The van der Waals surface area contributed by atoms with Crippen molar-refractivity contribution in [2.24, 2.45) is 4.99 Å². The number of thioether (sulfide) groups is 1. The average Bonchev–Trinajstić information content (AvgIpc) is 2.58. The summed E-state index contributed by atoms with van der Waals surface area (Å²) in [4.78, 5) is 4.38. The molecule has 0 aliphatic carbocycles. The first kappa shape index (κ1) is 23.6. The molecule has 0 bridgehead atoms. The van der Waals surface area contributed by atoms with Gasteiger partial charge >= 0.3 is 0 Å². The van der Waals surface area contributed by atoms with Crippen LogP contribution in [0, 0.1) is 13.8 Å². The first-order chi connectivity index (χ1) is 12.1. The average molecular weight is 491 g/mol. The predicted octanol–water partition coefficient (Wildman–Crippen LogP) is 3.93. The van der Waals surface area contributed by atoms with Crippen LogP contribution in [0.2, 0.25) is 0 Å². The second kappa shape index (κ2) is 12.1. The molecule has 4 nitrogen and oxygen atoms in total. The molecular weight excluding hydrogens is 457 g/mol. The monoisotopic (exact) mass is 491 g/mol.